The van der Waals surface area contributed by atoms with Gasteiger partial charge in [0.25, 0.3) is 0 Å². The summed E-state index contributed by atoms with van der Waals surface area (Å²) in [6.45, 7) is 4.30. The van der Waals surface area contributed by atoms with E-state index in [1.165, 1.54) is 0 Å². The summed E-state index contributed by atoms with van der Waals surface area (Å²) in [4.78, 5) is 15.2. The van der Waals surface area contributed by atoms with Gasteiger partial charge >= 0.3 is 5.97 Å². The average Bonchev–Trinajstić information content (AvgIpc) is 2.54. The van der Waals surface area contributed by atoms with E-state index in [1.807, 2.05) is 13.0 Å². The maximum absolute atomic E-state index is 11.2. The zero-order valence-electron chi connectivity index (χ0n) is 7.82. The Labute approximate surface area is 77.2 Å². The lowest BCUT2D eigenvalue weighted by Gasteiger charge is -2.02. The van der Waals surface area contributed by atoms with E-state index < -0.39 is 6.04 Å². The first kappa shape index (κ1) is 9.77. The molecule has 72 valence electrons. The molecule has 0 saturated carbocycles. The number of aliphatic imine (C=N–C) groups is 1. The quantitative estimate of drug-likeness (QED) is 0.611. The topological polar surface area (TPSA) is 47.9 Å². The third kappa shape index (κ3) is 2.57. The van der Waals surface area contributed by atoms with Crippen LogP contribution >= 0.6 is 0 Å². The Balaban J connectivity index is 2.51. The third-order valence-corrected chi connectivity index (χ3v) is 1.54. The van der Waals surface area contributed by atoms with Gasteiger partial charge in [0.05, 0.1) is 6.61 Å². The molecule has 0 aromatic carbocycles. The minimum atomic E-state index is -0.480. The van der Waals surface area contributed by atoms with Crippen LogP contribution in [0.1, 0.15) is 13.8 Å². The van der Waals surface area contributed by atoms with Gasteiger partial charge < -0.3 is 9.47 Å². The molecule has 0 aromatic heterocycles. The van der Waals surface area contributed by atoms with Crippen LogP contribution in [0.4, 0.5) is 0 Å². The number of carbonyl (C=O) groups is 1. The van der Waals surface area contributed by atoms with E-state index in [9.17, 15) is 4.79 Å². The maximum atomic E-state index is 11.2. The van der Waals surface area contributed by atoms with Crippen molar-refractivity contribution in [3.05, 3.63) is 12.2 Å². The largest absolute Gasteiger partial charge is 0.475 e. The summed E-state index contributed by atoms with van der Waals surface area (Å²) in [5.41, 5.74) is 0. The average molecular weight is 183 g/mol. The summed E-state index contributed by atoms with van der Waals surface area (Å²) < 4.78 is 9.94. The molecular weight excluding hydrogens is 170 g/mol. The second-order valence-corrected chi connectivity index (χ2v) is 2.55. The zero-order chi connectivity index (χ0) is 9.68. The molecule has 1 rings (SSSR count). The van der Waals surface area contributed by atoms with Gasteiger partial charge in [-0.25, -0.2) is 9.79 Å². The Bertz CT molecular complexity index is 245. The number of hydrogen-bond donors (Lipinski definition) is 0. The second kappa shape index (κ2) is 4.64. The number of nitrogens with zero attached hydrogens (tertiary/aromatic N) is 1. The fourth-order valence-corrected chi connectivity index (χ4v) is 0.985. The van der Waals surface area contributed by atoms with Crippen molar-refractivity contribution in [2.45, 2.75) is 19.9 Å². The lowest BCUT2D eigenvalue weighted by Crippen LogP contribution is -2.22. The van der Waals surface area contributed by atoms with Crippen molar-refractivity contribution in [1.82, 2.24) is 0 Å². The first-order valence-corrected chi connectivity index (χ1v) is 4.27. The van der Waals surface area contributed by atoms with E-state index in [-0.39, 0.29) is 5.97 Å². The van der Waals surface area contributed by atoms with Crippen molar-refractivity contribution in [2.24, 2.45) is 4.99 Å². The Hall–Kier alpha value is -1.32. The van der Waals surface area contributed by atoms with Gasteiger partial charge in [-0.1, -0.05) is 6.08 Å². The van der Waals surface area contributed by atoms with Crippen LogP contribution in [-0.4, -0.2) is 31.1 Å². The molecule has 0 aromatic rings. The number of allylic oxidation sites excluding steroid dienone is 1. The molecule has 0 aliphatic carbocycles. The molecule has 0 spiro atoms. The van der Waals surface area contributed by atoms with Crippen molar-refractivity contribution in [3.8, 4) is 0 Å². The van der Waals surface area contributed by atoms with Crippen LogP contribution in [0.3, 0.4) is 0 Å². The highest BCUT2D eigenvalue weighted by Gasteiger charge is 2.25. The smallest absolute Gasteiger partial charge is 0.334 e. The monoisotopic (exact) mass is 183 g/mol. The molecule has 0 saturated heterocycles. The van der Waals surface area contributed by atoms with E-state index in [0.29, 0.717) is 19.1 Å². The van der Waals surface area contributed by atoms with Gasteiger partial charge in [0.1, 0.15) is 6.61 Å². The predicted molar refractivity (Wildman–Crippen MR) is 48.6 cm³/mol. The summed E-state index contributed by atoms with van der Waals surface area (Å²) in [5.74, 6) is 0.183. The highest BCUT2D eigenvalue weighted by molar-refractivity contribution is 5.92. The normalized spacial score (nSPS) is 21.4. The lowest BCUT2D eigenvalue weighted by atomic mass is 10.3. The summed E-state index contributed by atoms with van der Waals surface area (Å²) in [5, 5.41) is 0. The molecule has 1 aliphatic rings. The van der Waals surface area contributed by atoms with Crippen molar-refractivity contribution in [2.75, 3.05) is 13.2 Å². The van der Waals surface area contributed by atoms with Crippen molar-refractivity contribution >= 4 is 11.9 Å². The van der Waals surface area contributed by atoms with Gasteiger partial charge in [-0.2, -0.15) is 0 Å². The first-order valence-electron chi connectivity index (χ1n) is 4.27. The number of esters is 1. The molecule has 1 aliphatic heterocycles. The molecule has 13 heavy (non-hydrogen) atoms. The fraction of sp³-hybridized carbons (Fsp3) is 0.556. The molecule has 0 fully saturated rings. The minimum absolute atomic E-state index is 0.290. The van der Waals surface area contributed by atoms with Crippen molar-refractivity contribution in [1.29, 1.82) is 0 Å². The second-order valence-electron chi connectivity index (χ2n) is 2.55. The third-order valence-electron chi connectivity index (χ3n) is 1.54. The van der Waals surface area contributed by atoms with Crippen LogP contribution in [0.15, 0.2) is 17.1 Å². The van der Waals surface area contributed by atoms with Crippen molar-refractivity contribution in [3.63, 3.8) is 0 Å². The van der Waals surface area contributed by atoms with Gasteiger partial charge in [-0.3, -0.25) is 0 Å². The van der Waals surface area contributed by atoms with Gasteiger partial charge in [0.15, 0.2) is 6.04 Å². The Morgan fingerprint density at radius 2 is 2.62 bits per heavy atom. The van der Waals surface area contributed by atoms with Gasteiger partial charge in [-0.05, 0) is 19.9 Å². The molecule has 0 radical (unpaired) electrons. The van der Waals surface area contributed by atoms with E-state index in [2.05, 4.69) is 4.99 Å². The van der Waals surface area contributed by atoms with Crippen LogP contribution in [-0.2, 0) is 14.3 Å². The Morgan fingerprint density at radius 1 is 1.85 bits per heavy atom. The van der Waals surface area contributed by atoms with E-state index >= 15 is 0 Å². The van der Waals surface area contributed by atoms with Crippen molar-refractivity contribution < 1.29 is 14.3 Å². The first-order chi connectivity index (χ1) is 6.27. The van der Waals surface area contributed by atoms with Crippen LogP contribution in [0.25, 0.3) is 0 Å². The summed E-state index contributed by atoms with van der Waals surface area (Å²) in [6, 6.07) is -0.480. The van der Waals surface area contributed by atoms with Crippen LogP contribution in [0.2, 0.25) is 0 Å². The summed E-state index contributed by atoms with van der Waals surface area (Å²) in [7, 11) is 0. The van der Waals surface area contributed by atoms with E-state index in [1.54, 1.807) is 13.0 Å². The molecule has 4 heteroatoms. The zero-order valence-corrected chi connectivity index (χ0v) is 7.82. The molecule has 1 unspecified atom stereocenters. The number of ether oxygens (including phenoxy) is 2. The maximum Gasteiger partial charge on any atom is 0.334 e. The SMILES string of the molecule is CC=CC1=NC(C(=O)OCC)CO1. The molecule has 0 amide bonds. The van der Waals surface area contributed by atoms with Crippen LogP contribution in [0, 0.1) is 0 Å². The Kier molecular flexibility index (Phi) is 3.49. The summed E-state index contributed by atoms with van der Waals surface area (Å²) in [6.07, 6.45) is 3.53. The highest BCUT2D eigenvalue weighted by Crippen LogP contribution is 2.07. The molecular formula is C9H13NO3. The summed E-state index contributed by atoms with van der Waals surface area (Å²) >= 11 is 0. The van der Waals surface area contributed by atoms with Gasteiger partial charge in [0, 0.05) is 0 Å². The molecule has 1 atom stereocenters. The standard InChI is InChI=1S/C9H13NO3/c1-3-5-8-10-7(6-13-8)9(11)12-4-2/h3,5,7H,4,6H2,1-2H3. The Morgan fingerprint density at radius 3 is 3.23 bits per heavy atom. The van der Waals surface area contributed by atoms with E-state index in [4.69, 9.17) is 9.47 Å². The van der Waals surface area contributed by atoms with Gasteiger partial charge in [0.2, 0.25) is 5.90 Å². The number of carbonyl (C=O) groups excluding carboxylic acids is 1. The number of hydrogen-bond acceptors (Lipinski definition) is 4. The van der Waals surface area contributed by atoms with Crippen LogP contribution < -0.4 is 0 Å². The molecule has 0 N–H and O–H groups in total. The highest BCUT2D eigenvalue weighted by atomic mass is 16.5. The molecule has 4 nitrogen and oxygen atoms in total. The minimum Gasteiger partial charge on any atom is -0.475 e. The van der Waals surface area contributed by atoms with Crippen LogP contribution in [0.5, 0.6) is 0 Å². The van der Waals surface area contributed by atoms with Gasteiger partial charge in [-0.15, -0.1) is 0 Å². The fourth-order valence-electron chi connectivity index (χ4n) is 0.985. The number of rotatable bonds is 3. The predicted octanol–water partition coefficient (Wildman–Crippen LogP) is 0.923. The lowest BCUT2D eigenvalue weighted by molar-refractivity contribution is -0.144. The van der Waals surface area contributed by atoms with E-state index in [0.717, 1.165) is 0 Å². The molecule has 0 bridgehead atoms. The molecule has 1 heterocycles.